The van der Waals surface area contributed by atoms with Gasteiger partial charge in [-0.15, -0.1) is 0 Å². The van der Waals surface area contributed by atoms with Gasteiger partial charge in [-0.05, 0) is 19.3 Å². The van der Waals surface area contributed by atoms with E-state index in [9.17, 15) is 9.59 Å². The van der Waals surface area contributed by atoms with Crippen LogP contribution in [0.5, 0.6) is 0 Å². The number of piperidine rings is 1. The Morgan fingerprint density at radius 3 is 2.79 bits per heavy atom. The number of nitrogens with zero attached hydrogens (tertiary/aromatic N) is 1. The number of rotatable bonds is 3. The van der Waals surface area contributed by atoms with Crippen molar-refractivity contribution >= 4 is 28.3 Å². The first-order valence-corrected chi connectivity index (χ1v) is 8.74. The van der Waals surface area contributed by atoms with Gasteiger partial charge in [-0.1, -0.05) is 48.6 Å². The molecule has 3 N–H and O–H groups in total. The van der Waals surface area contributed by atoms with Crippen molar-refractivity contribution in [2.75, 3.05) is 11.9 Å². The molecule has 1 aliphatic heterocycles. The Labute approximate surface area is 144 Å². The van der Waals surface area contributed by atoms with Crippen LogP contribution in [0.25, 0.3) is 10.6 Å². The number of benzene rings is 1. The summed E-state index contributed by atoms with van der Waals surface area (Å²) in [7, 11) is 0. The summed E-state index contributed by atoms with van der Waals surface area (Å²) in [4.78, 5) is 28.6. The molecule has 0 spiro atoms. The van der Waals surface area contributed by atoms with Gasteiger partial charge in [-0.25, -0.2) is 9.78 Å². The minimum atomic E-state index is -0.499. The molecule has 0 aliphatic carbocycles. The fraction of sp³-hybridized carbons (Fsp3) is 0.353. The van der Waals surface area contributed by atoms with Crippen LogP contribution < -0.4 is 16.0 Å². The first-order valence-electron chi connectivity index (χ1n) is 7.92. The fourth-order valence-electron chi connectivity index (χ4n) is 2.66. The molecule has 0 bridgehead atoms. The zero-order chi connectivity index (χ0) is 17.1. The highest BCUT2D eigenvalue weighted by molar-refractivity contribution is 7.19. The zero-order valence-corrected chi connectivity index (χ0v) is 14.4. The molecule has 1 fully saturated rings. The number of anilines is 1. The first-order chi connectivity index (χ1) is 11.5. The second kappa shape index (κ2) is 7.00. The Kier molecular flexibility index (Phi) is 4.80. The van der Waals surface area contributed by atoms with Crippen LogP contribution in [0.15, 0.2) is 30.3 Å². The highest BCUT2D eigenvalue weighted by atomic mass is 32.1. The number of amides is 3. The van der Waals surface area contributed by atoms with Crippen LogP contribution in [-0.2, 0) is 4.79 Å². The average Bonchev–Trinajstić information content (AvgIpc) is 2.93. The third-order valence-corrected chi connectivity index (χ3v) is 5.20. The minimum Gasteiger partial charge on any atom is -0.354 e. The highest BCUT2D eigenvalue weighted by Crippen LogP contribution is 2.31. The lowest BCUT2D eigenvalue weighted by atomic mass is 9.94. The predicted octanol–water partition coefficient (Wildman–Crippen LogP) is 2.76. The van der Waals surface area contributed by atoms with E-state index in [4.69, 9.17) is 0 Å². The summed E-state index contributed by atoms with van der Waals surface area (Å²) in [6, 6.07) is 8.94. The zero-order valence-electron chi connectivity index (χ0n) is 13.6. The van der Waals surface area contributed by atoms with Crippen LogP contribution in [0.2, 0.25) is 0 Å². The normalized spacial score (nSPS) is 20.3. The van der Waals surface area contributed by atoms with Crippen LogP contribution in [0.4, 0.5) is 9.80 Å². The number of aryl methyl sites for hydroxylation is 1. The van der Waals surface area contributed by atoms with Crippen LogP contribution >= 0.6 is 11.3 Å². The molecule has 0 unspecified atom stereocenters. The molecular weight excluding hydrogens is 324 g/mol. The minimum absolute atomic E-state index is 0.118. The summed E-state index contributed by atoms with van der Waals surface area (Å²) in [5, 5.41) is 9.90. The maximum atomic E-state index is 12.2. The number of carbonyl (C=O) groups is 2. The molecular formula is C17H20N4O2S. The van der Waals surface area contributed by atoms with Gasteiger partial charge in [0.25, 0.3) is 0 Å². The topological polar surface area (TPSA) is 83.1 Å². The van der Waals surface area contributed by atoms with Crippen molar-refractivity contribution in [3.05, 3.63) is 36.0 Å². The van der Waals surface area contributed by atoms with Crippen molar-refractivity contribution in [1.82, 2.24) is 15.6 Å². The molecule has 3 rings (SSSR count). The molecule has 7 heteroatoms. The third kappa shape index (κ3) is 3.56. The number of thiazole rings is 1. The first kappa shape index (κ1) is 16.4. The Morgan fingerprint density at radius 1 is 1.33 bits per heavy atom. The molecule has 2 aromatic rings. The molecule has 6 nitrogen and oxygen atoms in total. The van der Waals surface area contributed by atoms with Gasteiger partial charge in [-0.3, -0.25) is 10.1 Å². The van der Waals surface area contributed by atoms with Crippen molar-refractivity contribution < 1.29 is 9.59 Å². The van der Waals surface area contributed by atoms with Crippen LogP contribution in [0.1, 0.15) is 19.0 Å². The maximum Gasteiger partial charge on any atom is 0.320 e. The quantitative estimate of drug-likeness (QED) is 0.800. The largest absolute Gasteiger partial charge is 0.354 e. The number of urea groups is 1. The third-order valence-electron chi connectivity index (χ3n) is 4.08. The Balaban J connectivity index is 1.68. The molecule has 1 aromatic heterocycles. The second-order valence-electron chi connectivity index (χ2n) is 5.93. The molecule has 1 aliphatic rings. The maximum absolute atomic E-state index is 12.2. The van der Waals surface area contributed by atoms with Gasteiger partial charge in [0.2, 0.25) is 5.91 Å². The summed E-state index contributed by atoms with van der Waals surface area (Å²) in [5.74, 6) is -0.0122. The van der Waals surface area contributed by atoms with E-state index in [1.54, 1.807) is 0 Å². The van der Waals surface area contributed by atoms with Gasteiger partial charge < -0.3 is 10.6 Å². The number of aromatic nitrogens is 1. The van der Waals surface area contributed by atoms with E-state index in [0.717, 1.165) is 22.7 Å². The SMILES string of the molecule is Cc1nc(-c2ccccc2)sc1NC(=O)N[C@H]1C(=O)NCC[C@@H]1C. The molecule has 2 atom stereocenters. The van der Waals surface area contributed by atoms with Crippen LogP contribution in [-0.4, -0.2) is 29.5 Å². The summed E-state index contributed by atoms with van der Waals surface area (Å²) in [5.41, 5.74) is 1.77. The molecule has 24 heavy (non-hydrogen) atoms. The van der Waals surface area contributed by atoms with E-state index in [0.29, 0.717) is 11.5 Å². The summed E-state index contributed by atoms with van der Waals surface area (Å²) in [6.07, 6.45) is 0.856. The van der Waals surface area contributed by atoms with E-state index >= 15 is 0 Å². The van der Waals surface area contributed by atoms with Crippen LogP contribution in [0, 0.1) is 12.8 Å². The lowest BCUT2D eigenvalue weighted by Crippen LogP contribution is -2.55. The summed E-state index contributed by atoms with van der Waals surface area (Å²) < 4.78 is 0. The monoisotopic (exact) mass is 344 g/mol. The molecule has 0 saturated carbocycles. The van der Waals surface area contributed by atoms with Gasteiger partial charge in [0.1, 0.15) is 16.1 Å². The number of nitrogens with one attached hydrogen (secondary N) is 3. The number of hydrogen-bond donors (Lipinski definition) is 3. The Bertz CT molecular complexity index is 744. The summed E-state index contributed by atoms with van der Waals surface area (Å²) >= 11 is 1.42. The van der Waals surface area contributed by atoms with Gasteiger partial charge in [-0.2, -0.15) is 0 Å². The van der Waals surface area contributed by atoms with Gasteiger partial charge >= 0.3 is 6.03 Å². The van der Waals surface area contributed by atoms with E-state index in [1.165, 1.54) is 11.3 Å². The fourth-order valence-corrected chi connectivity index (χ4v) is 3.63. The molecule has 1 saturated heterocycles. The van der Waals surface area contributed by atoms with Crippen molar-refractivity contribution in [1.29, 1.82) is 0 Å². The second-order valence-corrected chi connectivity index (χ2v) is 6.93. The van der Waals surface area contributed by atoms with Gasteiger partial charge in [0.15, 0.2) is 0 Å². The van der Waals surface area contributed by atoms with Crippen molar-refractivity contribution in [2.45, 2.75) is 26.3 Å². The van der Waals surface area contributed by atoms with E-state index in [-0.39, 0.29) is 17.9 Å². The lowest BCUT2D eigenvalue weighted by Gasteiger charge is -2.28. The predicted molar refractivity (Wildman–Crippen MR) is 95.0 cm³/mol. The number of hydrogen-bond acceptors (Lipinski definition) is 4. The van der Waals surface area contributed by atoms with Crippen molar-refractivity contribution in [3.8, 4) is 10.6 Å². The highest BCUT2D eigenvalue weighted by Gasteiger charge is 2.30. The van der Waals surface area contributed by atoms with Crippen molar-refractivity contribution in [2.24, 2.45) is 5.92 Å². The standard InChI is InChI=1S/C17H20N4O2S/c1-10-8-9-18-14(22)13(10)20-17(23)21-15-11(2)19-16(24-15)12-6-4-3-5-7-12/h3-7,10,13H,8-9H2,1-2H3,(H,18,22)(H2,20,21,23)/t10-,13+/m0/s1. The van der Waals surface area contributed by atoms with E-state index in [2.05, 4.69) is 20.9 Å². The molecule has 126 valence electrons. The Hall–Kier alpha value is -2.41. The van der Waals surface area contributed by atoms with E-state index < -0.39 is 6.04 Å². The van der Waals surface area contributed by atoms with Gasteiger partial charge in [0, 0.05) is 12.1 Å². The van der Waals surface area contributed by atoms with Crippen LogP contribution in [0.3, 0.4) is 0 Å². The average molecular weight is 344 g/mol. The number of carbonyl (C=O) groups excluding carboxylic acids is 2. The lowest BCUT2D eigenvalue weighted by molar-refractivity contribution is -0.125. The van der Waals surface area contributed by atoms with Gasteiger partial charge in [0.05, 0.1) is 5.69 Å². The molecule has 3 amide bonds. The Morgan fingerprint density at radius 2 is 2.08 bits per heavy atom. The summed E-state index contributed by atoms with van der Waals surface area (Å²) in [6.45, 7) is 4.48. The van der Waals surface area contributed by atoms with Crippen molar-refractivity contribution in [3.63, 3.8) is 0 Å². The molecule has 0 radical (unpaired) electrons. The molecule has 1 aromatic carbocycles. The van der Waals surface area contributed by atoms with E-state index in [1.807, 2.05) is 44.2 Å². The smallest absolute Gasteiger partial charge is 0.320 e. The molecule has 2 heterocycles.